The molecule has 6 heteroatoms. The maximum absolute atomic E-state index is 11.8. The first-order chi connectivity index (χ1) is 7.94. The molecule has 1 aliphatic heterocycles. The van der Waals surface area contributed by atoms with Crippen molar-refractivity contribution in [3.8, 4) is 5.75 Å². The molecule has 17 heavy (non-hydrogen) atoms. The first-order valence-electron chi connectivity index (χ1n) is 5.37. The molecule has 1 saturated heterocycles. The summed E-state index contributed by atoms with van der Waals surface area (Å²) in [6.45, 7) is 4.97. The van der Waals surface area contributed by atoms with Crippen molar-refractivity contribution in [1.82, 2.24) is 4.31 Å². The molecule has 1 fully saturated rings. The van der Waals surface area contributed by atoms with Crippen LogP contribution in [0.15, 0.2) is 12.1 Å². The molecule has 94 valence electrons. The van der Waals surface area contributed by atoms with E-state index in [0.29, 0.717) is 24.5 Å². The highest BCUT2D eigenvalue weighted by molar-refractivity contribution is 7.90. The fourth-order valence-electron chi connectivity index (χ4n) is 1.70. The monoisotopic (exact) mass is 256 g/mol. The van der Waals surface area contributed by atoms with E-state index in [1.807, 2.05) is 26.0 Å². The second kappa shape index (κ2) is 4.19. The van der Waals surface area contributed by atoms with Crippen LogP contribution in [0, 0.1) is 13.8 Å². The Labute approximate surface area is 102 Å². The van der Waals surface area contributed by atoms with Gasteiger partial charge in [0.15, 0.2) is 0 Å². The quantitative estimate of drug-likeness (QED) is 0.826. The molecule has 1 heterocycles. The van der Waals surface area contributed by atoms with Gasteiger partial charge >= 0.3 is 10.2 Å². The summed E-state index contributed by atoms with van der Waals surface area (Å²) in [5.74, 6) is 0.549. The number of ether oxygens (including phenoxy) is 1. The smallest absolute Gasteiger partial charge is 0.301 e. The first kappa shape index (κ1) is 12.2. The van der Waals surface area contributed by atoms with Crippen LogP contribution in [-0.4, -0.2) is 32.9 Å². The Morgan fingerprint density at radius 3 is 2.47 bits per heavy atom. The van der Waals surface area contributed by atoms with E-state index in [2.05, 4.69) is 4.72 Å². The van der Waals surface area contributed by atoms with Crippen molar-refractivity contribution in [2.75, 3.05) is 24.9 Å². The lowest BCUT2D eigenvalue weighted by Crippen LogP contribution is -2.21. The second-order valence-electron chi connectivity index (χ2n) is 4.17. The van der Waals surface area contributed by atoms with Crippen LogP contribution in [0.2, 0.25) is 0 Å². The molecule has 5 nitrogen and oxygen atoms in total. The highest BCUT2D eigenvalue weighted by atomic mass is 32.2. The highest BCUT2D eigenvalue weighted by Gasteiger charge is 2.32. The van der Waals surface area contributed by atoms with E-state index in [-0.39, 0.29) is 0 Å². The molecule has 1 N–H and O–H groups in total. The van der Waals surface area contributed by atoms with E-state index in [1.165, 1.54) is 11.4 Å². The largest absolute Gasteiger partial charge is 0.495 e. The predicted molar refractivity (Wildman–Crippen MR) is 66.6 cm³/mol. The number of hydrogen-bond acceptors (Lipinski definition) is 3. The molecule has 2 rings (SSSR count). The minimum atomic E-state index is -3.40. The van der Waals surface area contributed by atoms with Crippen LogP contribution in [0.25, 0.3) is 0 Å². The summed E-state index contributed by atoms with van der Waals surface area (Å²) in [4.78, 5) is 0. The minimum Gasteiger partial charge on any atom is -0.495 e. The minimum absolute atomic E-state index is 0.519. The lowest BCUT2D eigenvalue weighted by molar-refractivity contribution is 0.416. The van der Waals surface area contributed by atoms with E-state index in [4.69, 9.17) is 4.74 Å². The summed E-state index contributed by atoms with van der Waals surface area (Å²) in [5, 5.41) is 0. The number of hydrogen-bond donors (Lipinski definition) is 1. The predicted octanol–water partition coefficient (Wildman–Crippen LogP) is 1.28. The third-order valence-corrected chi connectivity index (χ3v) is 4.15. The number of anilines is 1. The third kappa shape index (κ3) is 2.53. The topological polar surface area (TPSA) is 58.4 Å². The summed E-state index contributed by atoms with van der Waals surface area (Å²) in [6.07, 6.45) is 0. The van der Waals surface area contributed by atoms with Crippen LogP contribution < -0.4 is 9.46 Å². The van der Waals surface area contributed by atoms with Gasteiger partial charge in [-0.05, 0) is 31.0 Å². The number of benzene rings is 1. The average molecular weight is 256 g/mol. The molecular weight excluding hydrogens is 240 g/mol. The highest BCUT2D eigenvalue weighted by Crippen LogP contribution is 2.31. The zero-order valence-electron chi connectivity index (χ0n) is 10.1. The number of nitrogens with zero attached hydrogens (tertiary/aromatic N) is 1. The number of nitrogens with one attached hydrogen (secondary N) is 1. The van der Waals surface area contributed by atoms with Crippen LogP contribution in [0.5, 0.6) is 5.75 Å². The summed E-state index contributed by atoms with van der Waals surface area (Å²) < 4.78 is 32.8. The first-order valence-corrected chi connectivity index (χ1v) is 6.81. The summed E-state index contributed by atoms with van der Waals surface area (Å²) in [6, 6.07) is 3.73. The lowest BCUT2D eigenvalue weighted by atomic mass is 10.1. The molecule has 1 aromatic rings. The summed E-state index contributed by atoms with van der Waals surface area (Å²) in [7, 11) is -1.87. The average Bonchev–Trinajstić information content (AvgIpc) is 3.05. The van der Waals surface area contributed by atoms with Crippen LogP contribution >= 0.6 is 0 Å². The molecule has 0 aliphatic carbocycles. The number of aryl methyl sites for hydroxylation is 2. The van der Waals surface area contributed by atoms with Crippen molar-refractivity contribution in [1.29, 1.82) is 0 Å². The Morgan fingerprint density at radius 2 is 1.94 bits per heavy atom. The molecule has 1 aromatic carbocycles. The number of rotatable bonds is 4. The van der Waals surface area contributed by atoms with Gasteiger partial charge in [-0.25, -0.2) is 0 Å². The molecule has 0 atom stereocenters. The SMILES string of the molecule is COc1cc(C)cc(C)c1NS(=O)(=O)N1CC1. The third-order valence-electron chi connectivity index (χ3n) is 2.64. The Morgan fingerprint density at radius 1 is 1.29 bits per heavy atom. The Balaban J connectivity index is 2.38. The fraction of sp³-hybridized carbons (Fsp3) is 0.455. The Bertz CT molecular complexity index is 536. The van der Waals surface area contributed by atoms with Crippen molar-refractivity contribution in [2.24, 2.45) is 0 Å². The summed E-state index contributed by atoms with van der Waals surface area (Å²) >= 11 is 0. The summed E-state index contributed by atoms with van der Waals surface area (Å²) in [5.41, 5.74) is 2.41. The standard InChI is InChI=1S/C11H16N2O3S/c1-8-6-9(2)11(10(7-8)16-3)12-17(14,15)13-4-5-13/h6-7,12H,4-5H2,1-3H3. The number of methoxy groups -OCH3 is 1. The van der Waals surface area contributed by atoms with Gasteiger partial charge in [0, 0.05) is 13.1 Å². The molecule has 0 bridgehead atoms. The van der Waals surface area contributed by atoms with E-state index in [1.54, 1.807) is 0 Å². The van der Waals surface area contributed by atoms with Gasteiger partial charge in [-0.15, -0.1) is 0 Å². The van der Waals surface area contributed by atoms with Gasteiger partial charge in [0.2, 0.25) is 0 Å². The van der Waals surface area contributed by atoms with Crippen LogP contribution in [0.4, 0.5) is 5.69 Å². The van der Waals surface area contributed by atoms with Crippen molar-refractivity contribution >= 4 is 15.9 Å². The Hall–Kier alpha value is -1.27. The van der Waals surface area contributed by atoms with E-state index >= 15 is 0 Å². The van der Waals surface area contributed by atoms with Crippen molar-refractivity contribution in [3.05, 3.63) is 23.3 Å². The molecule has 0 radical (unpaired) electrons. The lowest BCUT2D eigenvalue weighted by Gasteiger charge is -2.15. The van der Waals surface area contributed by atoms with Gasteiger partial charge in [-0.2, -0.15) is 12.7 Å². The maximum Gasteiger partial charge on any atom is 0.301 e. The molecule has 0 unspecified atom stereocenters. The van der Waals surface area contributed by atoms with Crippen LogP contribution in [0.1, 0.15) is 11.1 Å². The van der Waals surface area contributed by atoms with Gasteiger partial charge < -0.3 is 4.74 Å². The molecule has 0 spiro atoms. The second-order valence-corrected chi connectivity index (χ2v) is 5.84. The van der Waals surface area contributed by atoms with Gasteiger partial charge in [-0.3, -0.25) is 4.72 Å². The molecule has 1 aliphatic rings. The molecule has 0 amide bonds. The zero-order valence-corrected chi connectivity index (χ0v) is 11.0. The van der Waals surface area contributed by atoms with Gasteiger partial charge in [0.05, 0.1) is 12.8 Å². The maximum atomic E-state index is 11.8. The van der Waals surface area contributed by atoms with Crippen LogP contribution in [-0.2, 0) is 10.2 Å². The molecule has 0 aromatic heterocycles. The van der Waals surface area contributed by atoms with Gasteiger partial charge in [0.1, 0.15) is 5.75 Å². The molecule has 0 saturated carbocycles. The van der Waals surface area contributed by atoms with E-state index in [0.717, 1.165) is 11.1 Å². The normalized spacial score (nSPS) is 15.7. The van der Waals surface area contributed by atoms with Crippen LogP contribution in [0.3, 0.4) is 0 Å². The zero-order chi connectivity index (χ0) is 12.6. The Kier molecular flexibility index (Phi) is 3.01. The van der Waals surface area contributed by atoms with Crippen molar-refractivity contribution in [2.45, 2.75) is 13.8 Å². The van der Waals surface area contributed by atoms with Gasteiger partial charge in [0.25, 0.3) is 0 Å². The fourth-order valence-corrected chi connectivity index (χ4v) is 2.91. The van der Waals surface area contributed by atoms with E-state index in [9.17, 15) is 8.42 Å². The van der Waals surface area contributed by atoms with Crippen molar-refractivity contribution < 1.29 is 13.2 Å². The molecular formula is C11H16N2O3S. The van der Waals surface area contributed by atoms with Gasteiger partial charge in [-0.1, -0.05) is 6.07 Å². The van der Waals surface area contributed by atoms with Crippen molar-refractivity contribution in [3.63, 3.8) is 0 Å². The van der Waals surface area contributed by atoms with E-state index < -0.39 is 10.2 Å².